The number of carbonyl (C=O) groups is 1. The van der Waals surface area contributed by atoms with Gasteiger partial charge in [0.1, 0.15) is 4.90 Å². The molecular formula is C8H10BrN3O3S. The van der Waals surface area contributed by atoms with E-state index < -0.39 is 15.9 Å². The lowest BCUT2D eigenvalue weighted by Gasteiger charge is -2.05. The van der Waals surface area contributed by atoms with E-state index in [-0.39, 0.29) is 11.4 Å². The number of carbonyl (C=O) groups excluding carboxylic acids is 1. The van der Waals surface area contributed by atoms with Crippen LogP contribution in [0.4, 0.5) is 0 Å². The molecule has 0 aromatic carbocycles. The third kappa shape index (κ3) is 3.54. The number of halogens is 1. The monoisotopic (exact) mass is 307 g/mol. The second-order valence-electron chi connectivity index (χ2n) is 2.84. The van der Waals surface area contributed by atoms with Crippen LogP contribution in [0.2, 0.25) is 0 Å². The molecule has 0 aliphatic heterocycles. The maximum atomic E-state index is 11.7. The summed E-state index contributed by atoms with van der Waals surface area (Å²) in [5, 5.41) is 2.31. The van der Waals surface area contributed by atoms with Crippen LogP contribution in [0.25, 0.3) is 0 Å². The zero-order valence-corrected chi connectivity index (χ0v) is 10.8. The van der Waals surface area contributed by atoms with Gasteiger partial charge in [0.25, 0.3) is 0 Å². The summed E-state index contributed by atoms with van der Waals surface area (Å²) in [6, 6.07) is 1.40. The molecule has 1 aromatic rings. The predicted molar refractivity (Wildman–Crippen MR) is 61.2 cm³/mol. The summed E-state index contributed by atoms with van der Waals surface area (Å²) in [5.41, 5.74) is 0. The van der Waals surface area contributed by atoms with Gasteiger partial charge in [-0.3, -0.25) is 9.78 Å². The smallest absolute Gasteiger partial charge is 0.242 e. The first-order valence-corrected chi connectivity index (χ1v) is 6.54. The Balaban J connectivity index is 2.82. The molecule has 1 amide bonds. The van der Waals surface area contributed by atoms with Gasteiger partial charge in [0.15, 0.2) is 0 Å². The normalized spacial score (nSPS) is 11.1. The summed E-state index contributed by atoms with van der Waals surface area (Å²) >= 11 is 3.11. The van der Waals surface area contributed by atoms with Gasteiger partial charge in [0, 0.05) is 23.9 Å². The molecule has 0 saturated heterocycles. The number of amides is 1. The molecule has 0 fully saturated rings. The molecule has 0 unspecified atom stereocenters. The van der Waals surface area contributed by atoms with Crippen molar-refractivity contribution in [3.63, 3.8) is 0 Å². The lowest BCUT2D eigenvalue weighted by Crippen LogP contribution is -2.35. The van der Waals surface area contributed by atoms with Crippen molar-refractivity contribution in [3.05, 3.63) is 22.9 Å². The summed E-state index contributed by atoms with van der Waals surface area (Å²) in [6.45, 7) is -0.300. The number of pyridine rings is 1. The van der Waals surface area contributed by atoms with E-state index in [9.17, 15) is 13.2 Å². The standard InChI is InChI=1S/C8H10BrN3O3S/c1-10-8(13)5-12-16(14,15)7-2-6(9)3-11-4-7/h2-4,12H,5H2,1H3,(H,10,13). The van der Waals surface area contributed by atoms with Gasteiger partial charge in [-0.25, -0.2) is 13.1 Å². The lowest BCUT2D eigenvalue weighted by atomic mass is 10.5. The van der Waals surface area contributed by atoms with E-state index in [4.69, 9.17) is 0 Å². The van der Waals surface area contributed by atoms with Crippen molar-refractivity contribution in [1.29, 1.82) is 0 Å². The number of hydrogen-bond donors (Lipinski definition) is 2. The van der Waals surface area contributed by atoms with E-state index in [1.807, 2.05) is 0 Å². The lowest BCUT2D eigenvalue weighted by molar-refractivity contribution is -0.119. The van der Waals surface area contributed by atoms with Crippen molar-refractivity contribution >= 4 is 31.9 Å². The summed E-state index contributed by atoms with van der Waals surface area (Å²) in [5.74, 6) is -0.411. The molecule has 1 aromatic heterocycles. The van der Waals surface area contributed by atoms with E-state index in [1.165, 1.54) is 25.5 Å². The van der Waals surface area contributed by atoms with Gasteiger partial charge >= 0.3 is 0 Å². The van der Waals surface area contributed by atoms with Crippen molar-refractivity contribution < 1.29 is 13.2 Å². The summed E-state index contributed by atoms with van der Waals surface area (Å²) < 4.78 is 26.0. The number of likely N-dealkylation sites (N-methyl/N-ethyl adjacent to an activating group) is 1. The fourth-order valence-electron chi connectivity index (χ4n) is 0.872. The molecule has 0 bridgehead atoms. The molecule has 0 aliphatic rings. The Labute approximate surface area is 102 Å². The van der Waals surface area contributed by atoms with Crippen LogP contribution in [-0.2, 0) is 14.8 Å². The predicted octanol–water partition coefficient (Wildman–Crippen LogP) is -0.132. The highest BCUT2D eigenvalue weighted by Crippen LogP contribution is 2.13. The van der Waals surface area contributed by atoms with Crippen molar-refractivity contribution in [2.45, 2.75) is 4.90 Å². The Morgan fingerprint density at radius 1 is 1.50 bits per heavy atom. The van der Waals surface area contributed by atoms with Gasteiger partial charge in [-0.05, 0) is 22.0 Å². The van der Waals surface area contributed by atoms with Crippen LogP contribution >= 0.6 is 15.9 Å². The van der Waals surface area contributed by atoms with E-state index >= 15 is 0 Å². The minimum absolute atomic E-state index is 0.00535. The zero-order chi connectivity index (χ0) is 12.2. The number of nitrogens with one attached hydrogen (secondary N) is 2. The van der Waals surface area contributed by atoms with Gasteiger partial charge in [0.05, 0.1) is 6.54 Å². The maximum Gasteiger partial charge on any atom is 0.242 e. The highest BCUT2D eigenvalue weighted by Gasteiger charge is 2.15. The molecule has 16 heavy (non-hydrogen) atoms. The van der Waals surface area contributed by atoms with Crippen LogP contribution in [0.3, 0.4) is 0 Å². The maximum absolute atomic E-state index is 11.7. The third-order valence-electron chi connectivity index (χ3n) is 1.69. The van der Waals surface area contributed by atoms with E-state index in [2.05, 4.69) is 31.0 Å². The molecule has 0 spiro atoms. The average molecular weight is 308 g/mol. The van der Waals surface area contributed by atoms with Crippen LogP contribution in [0.5, 0.6) is 0 Å². The van der Waals surface area contributed by atoms with Crippen molar-refractivity contribution in [2.24, 2.45) is 0 Å². The topological polar surface area (TPSA) is 88.2 Å². The molecule has 8 heteroatoms. The molecule has 0 aliphatic carbocycles. The Kier molecular flexibility index (Phi) is 4.39. The first-order valence-electron chi connectivity index (χ1n) is 4.26. The molecule has 1 rings (SSSR count). The quantitative estimate of drug-likeness (QED) is 0.811. The van der Waals surface area contributed by atoms with Crippen molar-refractivity contribution in [1.82, 2.24) is 15.0 Å². The molecule has 6 nitrogen and oxygen atoms in total. The van der Waals surface area contributed by atoms with E-state index in [1.54, 1.807) is 0 Å². The summed E-state index contributed by atoms with van der Waals surface area (Å²) in [6.07, 6.45) is 2.68. The van der Waals surface area contributed by atoms with Crippen LogP contribution in [-0.4, -0.2) is 32.9 Å². The highest BCUT2D eigenvalue weighted by atomic mass is 79.9. The number of nitrogens with zero attached hydrogens (tertiary/aromatic N) is 1. The Bertz CT molecular complexity index is 489. The molecule has 0 atom stereocenters. The number of rotatable bonds is 4. The second kappa shape index (κ2) is 5.37. The van der Waals surface area contributed by atoms with Crippen LogP contribution in [0, 0.1) is 0 Å². The fourth-order valence-corrected chi connectivity index (χ4v) is 2.36. The van der Waals surface area contributed by atoms with E-state index in [0.29, 0.717) is 4.47 Å². The van der Waals surface area contributed by atoms with Gasteiger partial charge in [-0.1, -0.05) is 0 Å². The minimum Gasteiger partial charge on any atom is -0.358 e. The van der Waals surface area contributed by atoms with Crippen molar-refractivity contribution in [3.8, 4) is 0 Å². The average Bonchev–Trinajstić information content (AvgIpc) is 2.26. The second-order valence-corrected chi connectivity index (χ2v) is 5.52. The first-order chi connectivity index (χ1) is 7.45. The van der Waals surface area contributed by atoms with Gasteiger partial charge in [-0.2, -0.15) is 0 Å². The van der Waals surface area contributed by atoms with Gasteiger partial charge in [0.2, 0.25) is 15.9 Å². The Morgan fingerprint density at radius 2 is 2.19 bits per heavy atom. The Morgan fingerprint density at radius 3 is 2.75 bits per heavy atom. The van der Waals surface area contributed by atoms with Gasteiger partial charge in [-0.15, -0.1) is 0 Å². The van der Waals surface area contributed by atoms with Crippen molar-refractivity contribution in [2.75, 3.05) is 13.6 Å². The zero-order valence-electron chi connectivity index (χ0n) is 8.40. The molecule has 2 N–H and O–H groups in total. The van der Waals surface area contributed by atoms with Crippen LogP contribution in [0.1, 0.15) is 0 Å². The highest BCUT2D eigenvalue weighted by molar-refractivity contribution is 9.10. The van der Waals surface area contributed by atoms with Crippen LogP contribution in [0.15, 0.2) is 27.8 Å². The first kappa shape index (κ1) is 13.1. The molecule has 1 heterocycles. The molecule has 0 radical (unpaired) electrons. The van der Waals surface area contributed by atoms with Crippen LogP contribution < -0.4 is 10.0 Å². The minimum atomic E-state index is -3.69. The largest absolute Gasteiger partial charge is 0.358 e. The SMILES string of the molecule is CNC(=O)CNS(=O)(=O)c1cncc(Br)c1. The number of aromatic nitrogens is 1. The molecule has 0 saturated carbocycles. The fraction of sp³-hybridized carbons (Fsp3) is 0.250. The summed E-state index contributed by atoms with van der Waals surface area (Å²) in [7, 11) is -2.26. The molecular weight excluding hydrogens is 298 g/mol. The van der Waals surface area contributed by atoms with E-state index in [0.717, 1.165) is 0 Å². The Hall–Kier alpha value is -0.990. The number of hydrogen-bond acceptors (Lipinski definition) is 4. The third-order valence-corrected chi connectivity index (χ3v) is 3.49. The van der Waals surface area contributed by atoms with Gasteiger partial charge < -0.3 is 5.32 Å². The molecule has 88 valence electrons. The summed E-state index contributed by atoms with van der Waals surface area (Å²) in [4.78, 5) is 14.6. The number of sulfonamides is 1.